The van der Waals surface area contributed by atoms with Gasteiger partial charge in [-0.1, -0.05) is 36.6 Å². The first-order valence-corrected chi connectivity index (χ1v) is 8.75. The normalized spacial score (nSPS) is 15.9. The zero-order chi connectivity index (χ0) is 16.8. The molecule has 0 bridgehead atoms. The van der Waals surface area contributed by atoms with Gasteiger partial charge in [0.25, 0.3) is 5.91 Å². The van der Waals surface area contributed by atoms with E-state index in [0.717, 1.165) is 30.8 Å². The van der Waals surface area contributed by atoms with Crippen molar-refractivity contribution in [2.24, 2.45) is 0 Å². The Morgan fingerprint density at radius 1 is 1.25 bits per heavy atom. The molecule has 5 heteroatoms. The topological polar surface area (TPSA) is 58.4 Å². The highest BCUT2D eigenvalue weighted by Gasteiger charge is 2.18. The monoisotopic (exact) mass is 327 g/mol. The molecule has 0 spiro atoms. The van der Waals surface area contributed by atoms with E-state index in [0.29, 0.717) is 18.0 Å². The number of nitrogens with zero attached hydrogens (tertiary/aromatic N) is 2. The first kappa shape index (κ1) is 16.7. The lowest BCUT2D eigenvalue weighted by Crippen LogP contribution is -2.35. The van der Waals surface area contributed by atoms with Gasteiger partial charge in [-0.3, -0.25) is 4.79 Å². The number of carbonyl (C=O) groups excluding carboxylic acids is 1. The van der Waals surface area contributed by atoms with Crippen LogP contribution in [-0.2, 0) is 0 Å². The predicted molar refractivity (Wildman–Crippen MR) is 93.9 cm³/mol. The van der Waals surface area contributed by atoms with Crippen LogP contribution in [-0.4, -0.2) is 42.0 Å². The summed E-state index contributed by atoms with van der Waals surface area (Å²) in [5, 5.41) is 2.97. The minimum atomic E-state index is -0.171. The van der Waals surface area contributed by atoms with E-state index in [4.69, 9.17) is 4.42 Å². The molecule has 5 nitrogen and oxygen atoms in total. The van der Waals surface area contributed by atoms with Gasteiger partial charge in [0.1, 0.15) is 0 Å². The van der Waals surface area contributed by atoms with E-state index >= 15 is 0 Å². The summed E-state index contributed by atoms with van der Waals surface area (Å²) in [5.74, 6) is 0.362. The summed E-state index contributed by atoms with van der Waals surface area (Å²) in [5.41, 5.74) is 2.36. The molecule has 1 saturated heterocycles. The summed E-state index contributed by atoms with van der Waals surface area (Å²) >= 11 is 0. The molecule has 128 valence electrons. The quantitative estimate of drug-likeness (QED) is 0.916. The number of oxazole rings is 1. The van der Waals surface area contributed by atoms with Crippen LogP contribution in [0.25, 0.3) is 11.3 Å². The highest BCUT2D eigenvalue weighted by atomic mass is 16.3. The summed E-state index contributed by atoms with van der Waals surface area (Å²) in [6.45, 7) is 5.81. The number of rotatable bonds is 5. The number of aromatic nitrogens is 1. The van der Waals surface area contributed by atoms with Gasteiger partial charge in [0.15, 0.2) is 17.8 Å². The molecular formula is C19H25N3O2. The third-order valence-electron chi connectivity index (χ3n) is 4.48. The Labute approximate surface area is 143 Å². The number of likely N-dealkylation sites (tertiary alicyclic amines) is 1. The zero-order valence-electron chi connectivity index (χ0n) is 14.3. The number of amides is 1. The average molecular weight is 327 g/mol. The third-order valence-corrected chi connectivity index (χ3v) is 4.48. The molecule has 0 atom stereocenters. The third kappa shape index (κ3) is 4.23. The largest absolute Gasteiger partial charge is 0.443 e. The molecular weight excluding hydrogens is 302 g/mol. The van der Waals surface area contributed by atoms with Crippen molar-refractivity contribution in [3.05, 3.63) is 41.9 Å². The number of hydrogen-bond acceptors (Lipinski definition) is 4. The van der Waals surface area contributed by atoms with Gasteiger partial charge in [0.05, 0.1) is 0 Å². The summed E-state index contributed by atoms with van der Waals surface area (Å²) in [6.07, 6.45) is 6.49. The van der Waals surface area contributed by atoms with E-state index in [1.165, 1.54) is 32.1 Å². The molecule has 0 aliphatic carbocycles. The molecule has 2 heterocycles. The number of aryl methyl sites for hydroxylation is 1. The van der Waals surface area contributed by atoms with E-state index in [1.54, 1.807) is 0 Å². The van der Waals surface area contributed by atoms with Crippen LogP contribution in [0.4, 0.5) is 0 Å². The Kier molecular flexibility index (Phi) is 5.64. The fourth-order valence-electron chi connectivity index (χ4n) is 3.17. The van der Waals surface area contributed by atoms with Crippen molar-refractivity contribution < 1.29 is 9.21 Å². The van der Waals surface area contributed by atoms with Gasteiger partial charge < -0.3 is 14.6 Å². The van der Waals surface area contributed by atoms with Crippen molar-refractivity contribution in [2.75, 3.05) is 26.2 Å². The van der Waals surface area contributed by atoms with E-state index in [-0.39, 0.29) is 5.91 Å². The molecule has 0 radical (unpaired) electrons. The van der Waals surface area contributed by atoms with Crippen LogP contribution in [0.3, 0.4) is 0 Å². The van der Waals surface area contributed by atoms with Gasteiger partial charge in [-0.25, -0.2) is 4.98 Å². The van der Waals surface area contributed by atoms with Crippen LogP contribution >= 0.6 is 0 Å². The van der Waals surface area contributed by atoms with Crippen molar-refractivity contribution in [3.63, 3.8) is 0 Å². The van der Waals surface area contributed by atoms with E-state index in [9.17, 15) is 4.79 Å². The van der Waals surface area contributed by atoms with Crippen LogP contribution < -0.4 is 5.32 Å². The van der Waals surface area contributed by atoms with Crippen LogP contribution in [0.2, 0.25) is 0 Å². The fraction of sp³-hybridized carbons (Fsp3) is 0.474. The van der Waals surface area contributed by atoms with Crippen molar-refractivity contribution in [2.45, 2.75) is 32.6 Å². The Morgan fingerprint density at radius 3 is 2.79 bits per heavy atom. The second-order valence-corrected chi connectivity index (χ2v) is 6.41. The molecule has 1 aliphatic rings. The fourth-order valence-corrected chi connectivity index (χ4v) is 3.17. The SMILES string of the molecule is Cc1cccc(-c2ocnc2C(=O)NCCN2CCCCCC2)c1. The van der Waals surface area contributed by atoms with Crippen molar-refractivity contribution in [1.29, 1.82) is 0 Å². The standard InChI is InChI=1S/C19H25N3O2/c1-15-7-6-8-16(13-15)18-17(21-14-24-18)19(23)20-9-12-22-10-4-2-3-5-11-22/h6-8,13-14H,2-5,9-12H2,1H3,(H,20,23). The molecule has 1 aliphatic heterocycles. The predicted octanol–water partition coefficient (Wildman–Crippen LogP) is 3.26. The molecule has 24 heavy (non-hydrogen) atoms. The maximum atomic E-state index is 12.4. The van der Waals surface area contributed by atoms with Gasteiger partial charge in [0, 0.05) is 18.7 Å². The van der Waals surface area contributed by atoms with Crippen LogP contribution in [0.5, 0.6) is 0 Å². The smallest absolute Gasteiger partial charge is 0.273 e. The Balaban J connectivity index is 1.59. The van der Waals surface area contributed by atoms with Crippen molar-refractivity contribution >= 4 is 5.91 Å². The van der Waals surface area contributed by atoms with Crippen molar-refractivity contribution in [3.8, 4) is 11.3 Å². The van der Waals surface area contributed by atoms with Gasteiger partial charge in [0.2, 0.25) is 0 Å². The lowest BCUT2D eigenvalue weighted by molar-refractivity contribution is 0.0944. The summed E-state index contributed by atoms with van der Waals surface area (Å²) in [6, 6.07) is 7.89. The van der Waals surface area contributed by atoms with Crippen LogP contribution in [0.15, 0.2) is 35.1 Å². The van der Waals surface area contributed by atoms with Gasteiger partial charge >= 0.3 is 0 Å². The molecule has 1 amide bonds. The minimum Gasteiger partial charge on any atom is -0.443 e. The maximum absolute atomic E-state index is 12.4. The molecule has 1 aromatic carbocycles. The summed E-state index contributed by atoms with van der Waals surface area (Å²) < 4.78 is 5.46. The highest BCUT2D eigenvalue weighted by molar-refractivity contribution is 5.97. The van der Waals surface area contributed by atoms with Gasteiger partial charge in [-0.05, 0) is 38.9 Å². The van der Waals surface area contributed by atoms with Crippen LogP contribution in [0, 0.1) is 6.92 Å². The molecule has 1 aromatic heterocycles. The molecule has 1 fully saturated rings. The first-order chi connectivity index (χ1) is 11.7. The first-order valence-electron chi connectivity index (χ1n) is 8.75. The number of nitrogens with one attached hydrogen (secondary N) is 1. The minimum absolute atomic E-state index is 0.171. The second-order valence-electron chi connectivity index (χ2n) is 6.41. The molecule has 1 N–H and O–H groups in total. The Bertz CT molecular complexity index is 673. The lowest BCUT2D eigenvalue weighted by atomic mass is 10.1. The Hall–Kier alpha value is -2.14. The molecule has 0 unspecified atom stereocenters. The number of benzene rings is 1. The summed E-state index contributed by atoms with van der Waals surface area (Å²) in [4.78, 5) is 19.0. The number of carbonyl (C=O) groups is 1. The second kappa shape index (κ2) is 8.11. The van der Waals surface area contributed by atoms with Crippen LogP contribution in [0.1, 0.15) is 41.7 Å². The van der Waals surface area contributed by atoms with Gasteiger partial charge in [-0.15, -0.1) is 0 Å². The van der Waals surface area contributed by atoms with E-state index in [1.807, 2.05) is 31.2 Å². The molecule has 0 saturated carbocycles. The lowest BCUT2D eigenvalue weighted by Gasteiger charge is -2.19. The average Bonchev–Trinajstić information content (AvgIpc) is 2.93. The zero-order valence-corrected chi connectivity index (χ0v) is 14.3. The van der Waals surface area contributed by atoms with E-state index < -0.39 is 0 Å². The number of hydrogen-bond donors (Lipinski definition) is 1. The maximum Gasteiger partial charge on any atom is 0.273 e. The van der Waals surface area contributed by atoms with Crippen molar-refractivity contribution in [1.82, 2.24) is 15.2 Å². The molecule has 2 aromatic rings. The van der Waals surface area contributed by atoms with E-state index in [2.05, 4.69) is 15.2 Å². The Morgan fingerprint density at radius 2 is 2.04 bits per heavy atom. The van der Waals surface area contributed by atoms with Gasteiger partial charge in [-0.2, -0.15) is 0 Å². The summed E-state index contributed by atoms with van der Waals surface area (Å²) in [7, 11) is 0. The highest BCUT2D eigenvalue weighted by Crippen LogP contribution is 2.23. The molecule has 3 rings (SSSR count).